The second-order valence-electron chi connectivity index (χ2n) is 5.14. The first-order chi connectivity index (χ1) is 9.31. The number of aliphatic hydroxyl groups is 1. The molecule has 0 radical (unpaired) electrons. The number of hydrogen-bond donors (Lipinski definition) is 1. The van der Waals surface area contributed by atoms with Gasteiger partial charge in [-0.25, -0.2) is 0 Å². The van der Waals surface area contributed by atoms with E-state index in [0.717, 1.165) is 24.2 Å². The van der Waals surface area contributed by atoms with Gasteiger partial charge in [-0.1, -0.05) is 31.1 Å². The first kappa shape index (κ1) is 14.1. The Hall–Kier alpha value is -1.28. The van der Waals surface area contributed by atoms with Gasteiger partial charge >= 0.3 is 0 Å². The molecule has 1 unspecified atom stereocenters. The molecule has 1 aliphatic rings. The van der Waals surface area contributed by atoms with E-state index in [1.807, 2.05) is 31.2 Å². The average Bonchev–Trinajstić information content (AvgIpc) is 2.39. The largest absolute Gasteiger partial charge is 0.494 e. The van der Waals surface area contributed by atoms with Gasteiger partial charge in [0.1, 0.15) is 11.9 Å². The predicted molar refractivity (Wildman–Crippen MR) is 78.4 cm³/mol. The molecule has 0 bridgehead atoms. The van der Waals surface area contributed by atoms with Gasteiger partial charge in [0.15, 0.2) is 0 Å². The number of hydrogen-bond acceptors (Lipinski definition) is 2. The maximum absolute atomic E-state index is 10.5. The van der Waals surface area contributed by atoms with Crippen molar-refractivity contribution >= 4 is 0 Å². The van der Waals surface area contributed by atoms with Gasteiger partial charge in [-0.05, 0) is 55.9 Å². The van der Waals surface area contributed by atoms with E-state index in [4.69, 9.17) is 4.74 Å². The lowest BCUT2D eigenvalue weighted by atomic mass is 9.93. The van der Waals surface area contributed by atoms with Crippen molar-refractivity contribution in [1.82, 2.24) is 0 Å². The van der Waals surface area contributed by atoms with Crippen molar-refractivity contribution in [2.75, 3.05) is 6.61 Å². The van der Waals surface area contributed by atoms with Gasteiger partial charge < -0.3 is 9.84 Å². The maximum atomic E-state index is 10.5. The summed E-state index contributed by atoms with van der Waals surface area (Å²) in [7, 11) is 0. The lowest BCUT2D eigenvalue weighted by Crippen LogP contribution is -2.03. The van der Waals surface area contributed by atoms with Crippen LogP contribution in [0.2, 0.25) is 0 Å². The number of ether oxygens (including phenoxy) is 1. The van der Waals surface area contributed by atoms with Crippen molar-refractivity contribution in [3.8, 4) is 5.75 Å². The minimum atomic E-state index is -0.450. The molecular formula is C17H24O2. The third-order valence-corrected chi connectivity index (χ3v) is 3.68. The van der Waals surface area contributed by atoms with Crippen LogP contribution in [-0.2, 0) is 0 Å². The van der Waals surface area contributed by atoms with Crippen LogP contribution in [0.3, 0.4) is 0 Å². The third-order valence-electron chi connectivity index (χ3n) is 3.68. The standard InChI is InChI=1S/C17H24O2/c1-2-19-16-12-10-15(11-13-16)17(18)14-8-6-4-3-5-7-9-14/h8,10-13,17-18H,2-7,9H2,1H3/b14-8+. The Bertz CT molecular complexity index is 406. The van der Waals surface area contributed by atoms with E-state index < -0.39 is 6.10 Å². The number of benzene rings is 1. The molecule has 19 heavy (non-hydrogen) atoms. The summed E-state index contributed by atoms with van der Waals surface area (Å²) in [6.07, 6.45) is 8.96. The molecule has 1 aliphatic carbocycles. The summed E-state index contributed by atoms with van der Waals surface area (Å²) in [6.45, 7) is 2.65. The van der Waals surface area contributed by atoms with Crippen molar-refractivity contribution in [3.63, 3.8) is 0 Å². The molecular weight excluding hydrogens is 236 g/mol. The fourth-order valence-electron chi connectivity index (χ4n) is 2.59. The average molecular weight is 260 g/mol. The lowest BCUT2D eigenvalue weighted by molar-refractivity contribution is 0.209. The first-order valence-corrected chi connectivity index (χ1v) is 7.41. The quantitative estimate of drug-likeness (QED) is 0.813. The van der Waals surface area contributed by atoms with E-state index in [2.05, 4.69) is 6.08 Å². The molecule has 0 fully saturated rings. The van der Waals surface area contributed by atoms with Crippen LogP contribution >= 0.6 is 0 Å². The van der Waals surface area contributed by atoms with Crippen molar-refractivity contribution in [3.05, 3.63) is 41.5 Å². The molecule has 0 saturated carbocycles. The molecule has 0 saturated heterocycles. The molecule has 1 atom stereocenters. The molecule has 1 aromatic carbocycles. The van der Waals surface area contributed by atoms with Gasteiger partial charge in [-0.3, -0.25) is 0 Å². The smallest absolute Gasteiger partial charge is 0.119 e. The molecule has 0 amide bonds. The van der Waals surface area contributed by atoms with Crippen molar-refractivity contribution in [2.45, 2.75) is 51.6 Å². The normalized spacial score (nSPS) is 20.8. The molecule has 0 heterocycles. The maximum Gasteiger partial charge on any atom is 0.119 e. The Labute approximate surface area is 116 Å². The Balaban J connectivity index is 2.06. The van der Waals surface area contributed by atoms with Gasteiger partial charge in [0, 0.05) is 0 Å². The van der Waals surface area contributed by atoms with Crippen LogP contribution in [-0.4, -0.2) is 11.7 Å². The van der Waals surface area contributed by atoms with Crippen LogP contribution in [0.25, 0.3) is 0 Å². The highest BCUT2D eigenvalue weighted by molar-refractivity contribution is 5.32. The molecule has 0 spiro atoms. The van der Waals surface area contributed by atoms with Gasteiger partial charge in [0.25, 0.3) is 0 Å². The third kappa shape index (κ3) is 4.10. The zero-order chi connectivity index (χ0) is 13.5. The van der Waals surface area contributed by atoms with Crippen molar-refractivity contribution < 1.29 is 9.84 Å². The molecule has 1 N–H and O–H groups in total. The predicted octanol–water partition coefficient (Wildman–Crippen LogP) is 4.40. The minimum absolute atomic E-state index is 0.450. The topological polar surface area (TPSA) is 29.5 Å². The van der Waals surface area contributed by atoms with E-state index in [0.29, 0.717) is 6.61 Å². The van der Waals surface area contributed by atoms with Crippen LogP contribution in [0.1, 0.15) is 57.1 Å². The van der Waals surface area contributed by atoms with Crippen LogP contribution in [0.4, 0.5) is 0 Å². The Morgan fingerprint density at radius 3 is 2.58 bits per heavy atom. The summed E-state index contributed by atoms with van der Waals surface area (Å²) in [5, 5.41) is 10.5. The summed E-state index contributed by atoms with van der Waals surface area (Å²) in [5.74, 6) is 0.866. The number of allylic oxidation sites excluding steroid dienone is 1. The summed E-state index contributed by atoms with van der Waals surface area (Å²) < 4.78 is 5.43. The number of aliphatic hydroxyl groups excluding tert-OH is 1. The van der Waals surface area contributed by atoms with Crippen LogP contribution in [0.5, 0.6) is 5.75 Å². The molecule has 104 valence electrons. The summed E-state index contributed by atoms with van der Waals surface area (Å²) in [5.41, 5.74) is 2.15. The molecule has 2 nitrogen and oxygen atoms in total. The fourth-order valence-corrected chi connectivity index (χ4v) is 2.59. The second kappa shape index (κ2) is 7.34. The van der Waals surface area contributed by atoms with E-state index in [-0.39, 0.29) is 0 Å². The zero-order valence-electron chi connectivity index (χ0n) is 11.8. The van der Waals surface area contributed by atoms with E-state index in [1.165, 1.54) is 31.3 Å². The van der Waals surface area contributed by atoms with Crippen LogP contribution in [0.15, 0.2) is 35.9 Å². The molecule has 0 aliphatic heterocycles. The van der Waals surface area contributed by atoms with E-state index in [1.54, 1.807) is 0 Å². The second-order valence-corrected chi connectivity index (χ2v) is 5.14. The summed E-state index contributed by atoms with van der Waals surface area (Å²) >= 11 is 0. The molecule has 2 heteroatoms. The van der Waals surface area contributed by atoms with Gasteiger partial charge in [0.2, 0.25) is 0 Å². The number of rotatable bonds is 4. The summed E-state index contributed by atoms with van der Waals surface area (Å²) in [4.78, 5) is 0. The Kier molecular flexibility index (Phi) is 5.46. The van der Waals surface area contributed by atoms with Crippen LogP contribution < -0.4 is 4.74 Å². The fraction of sp³-hybridized carbons (Fsp3) is 0.529. The van der Waals surface area contributed by atoms with E-state index >= 15 is 0 Å². The monoisotopic (exact) mass is 260 g/mol. The van der Waals surface area contributed by atoms with Crippen LogP contribution in [0, 0.1) is 0 Å². The van der Waals surface area contributed by atoms with Gasteiger partial charge in [0.05, 0.1) is 6.61 Å². The highest BCUT2D eigenvalue weighted by Gasteiger charge is 2.14. The summed E-state index contributed by atoms with van der Waals surface area (Å²) in [6, 6.07) is 7.81. The van der Waals surface area contributed by atoms with Gasteiger partial charge in [-0.2, -0.15) is 0 Å². The molecule has 1 aromatic rings. The highest BCUT2D eigenvalue weighted by atomic mass is 16.5. The SMILES string of the molecule is CCOc1ccc(C(O)/C2=C/CCCCCC2)cc1. The minimum Gasteiger partial charge on any atom is -0.494 e. The van der Waals surface area contributed by atoms with Gasteiger partial charge in [-0.15, -0.1) is 0 Å². The van der Waals surface area contributed by atoms with Crippen molar-refractivity contribution in [2.24, 2.45) is 0 Å². The Morgan fingerprint density at radius 2 is 1.84 bits per heavy atom. The molecule has 0 aromatic heterocycles. The van der Waals surface area contributed by atoms with E-state index in [9.17, 15) is 5.11 Å². The first-order valence-electron chi connectivity index (χ1n) is 7.41. The highest BCUT2D eigenvalue weighted by Crippen LogP contribution is 2.29. The Morgan fingerprint density at radius 1 is 1.11 bits per heavy atom. The lowest BCUT2D eigenvalue weighted by Gasteiger charge is -2.18. The zero-order valence-corrected chi connectivity index (χ0v) is 11.8. The van der Waals surface area contributed by atoms with Crippen molar-refractivity contribution in [1.29, 1.82) is 0 Å². The molecule has 2 rings (SSSR count).